The molecule has 0 aliphatic rings. The Labute approximate surface area is 100 Å². The highest BCUT2D eigenvalue weighted by Crippen LogP contribution is 2.17. The van der Waals surface area contributed by atoms with Crippen LogP contribution in [0.2, 0.25) is 0 Å². The number of hydrogen-bond acceptors (Lipinski definition) is 5. The number of aromatic nitrogens is 2. The molecule has 1 aromatic carbocycles. The van der Waals surface area contributed by atoms with E-state index in [2.05, 4.69) is 5.10 Å². The molecule has 18 heavy (non-hydrogen) atoms. The van der Waals surface area contributed by atoms with Crippen molar-refractivity contribution in [3.63, 3.8) is 0 Å². The summed E-state index contributed by atoms with van der Waals surface area (Å²) in [4.78, 5) is 20.7. The number of anilines is 1. The fourth-order valence-electron chi connectivity index (χ4n) is 1.41. The highest BCUT2D eigenvalue weighted by molar-refractivity contribution is 5.92. The van der Waals surface area contributed by atoms with E-state index >= 15 is 0 Å². The number of aromatic carboxylic acids is 1. The average molecular weight is 248 g/mol. The summed E-state index contributed by atoms with van der Waals surface area (Å²) in [5, 5.41) is 23.1. The standard InChI is InChI=1S/C10H8N4O4/c11-9-8(10(15)16)5-13(12-9)6-1-3-7(4-2-6)14(17)18/h1-5H,(H2,11,12)(H,15,16). The van der Waals surface area contributed by atoms with Gasteiger partial charge in [0.25, 0.3) is 5.69 Å². The number of benzene rings is 1. The number of rotatable bonds is 3. The van der Waals surface area contributed by atoms with Gasteiger partial charge in [0.05, 0.1) is 10.6 Å². The van der Waals surface area contributed by atoms with Gasteiger partial charge in [0, 0.05) is 18.3 Å². The first-order valence-electron chi connectivity index (χ1n) is 4.82. The van der Waals surface area contributed by atoms with Gasteiger partial charge in [-0.2, -0.15) is 0 Å². The minimum absolute atomic E-state index is 0.0580. The number of nitrogens with zero attached hydrogens (tertiary/aromatic N) is 3. The van der Waals surface area contributed by atoms with Crippen LogP contribution in [0.15, 0.2) is 30.5 Å². The van der Waals surface area contributed by atoms with Crippen LogP contribution in [-0.2, 0) is 0 Å². The van der Waals surface area contributed by atoms with Crippen LogP contribution in [0.25, 0.3) is 5.69 Å². The molecular formula is C10H8N4O4. The highest BCUT2D eigenvalue weighted by atomic mass is 16.6. The van der Waals surface area contributed by atoms with Gasteiger partial charge in [-0.1, -0.05) is 0 Å². The Hall–Kier alpha value is -2.90. The molecule has 0 amide bonds. The molecule has 0 radical (unpaired) electrons. The van der Waals surface area contributed by atoms with Crippen molar-refractivity contribution in [2.75, 3.05) is 5.73 Å². The predicted octanol–water partition coefficient (Wildman–Crippen LogP) is 1.06. The second kappa shape index (κ2) is 4.17. The van der Waals surface area contributed by atoms with Gasteiger partial charge in [0.2, 0.25) is 0 Å². The number of non-ortho nitro benzene ring substituents is 1. The molecule has 3 N–H and O–H groups in total. The summed E-state index contributed by atoms with van der Waals surface area (Å²) in [6.07, 6.45) is 1.25. The average Bonchev–Trinajstić information content (AvgIpc) is 2.71. The lowest BCUT2D eigenvalue weighted by atomic mass is 10.3. The molecule has 92 valence electrons. The lowest BCUT2D eigenvalue weighted by Gasteiger charge is -1.99. The van der Waals surface area contributed by atoms with Crippen LogP contribution >= 0.6 is 0 Å². The molecule has 0 spiro atoms. The lowest BCUT2D eigenvalue weighted by molar-refractivity contribution is -0.384. The van der Waals surface area contributed by atoms with Gasteiger partial charge in [0.1, 0.15) is 5.56 Å². The minimum Gasteiger partial charge on any atom is -0.477 e. The number of hydrogen-bond donors (Lipinski definition) is 2. The summed E-state index contributed by atoms with van der Waals surface area (Å²) in [6, 6.07) is 5.51. The topological polar surface area (TPSA) is 124 Å². The Morgan fingerprint density at radius 3 is 2.44 bits per heavy atom. The van der Waals surface area contributed by atoms with Crippen molar-refractivity contribution in [2.45, 2.75) is 0 Å². The van der Waals surface area contributed by atoms with E-state index in [4.69, 9.17) is 10.8 Å². The number of nitro groups is 1. The van der Waals surface area contributed by atoms with E-state index in [1.807, 2.05) is 0 Å². The summed E-state index contributed by atoms with van der Waals surface area (Å²) in [7, 11) is 0. The molecule has 0 fully saturated rings. The van der Waals surface area contributed by atoms with E-state index in [1.54, 1.807) is 0 Å². The number of carboxylic acids is 1. The number of nitrogens with two attached hydrogens (primary N) is 1. The molecule has 0 aliphatic heterocycles. The SMILES string of the molecule is Nc1nn(-c2ccc([N+](=O)[O-])cc2)cc1C(=O)O. The molecule has 0 atom stereocenters. The lowest BCUT2D eigenvalue weighted by Crippen LogP contribution is -1.98. The molecule has 0 aliphatic carbocycles. The third-order valence-corrected chi connectivity index (χ3v) is 2.30. The van der Waals surface area contributed by atoms with Crippen LogP contribution in [0.3, 0.4) is 0 Å². The molecule has 8 nitrogen and oxygen atoms in total. The molecule has 1 aromatic heterocycles. The van der Waals surface area contributed by atoms with E-state index in [9.17, 15) is 14.9 Å². The first-order valence-corrected chi connectivity index (χ1v) is 4.82. The third kappa shape index (κ3) is 1.98. The Bertz CT molecular complexity index is 617. The molecular weight excluding hydrogens is 240 g/mol. The second-order valence-electron chi connectivity index (χ2n) is 3.45. The quantitative estimate of drug-likeness (QED) is 0.618. The second-order valence-corrected chi connectivity index (χ2v) is 3.45. The van der Waals surface area contributed by atoms with Crippen LogP contribution in [0, 0.1) is 10.1 Å². The maximum absolute atomic E-state index is 10.8. The fraction of sp³-hybridized carbons (Fsp3) is 0. The van der Waals surface area contributed by atoms with Gasteiger partial charge in [-0.3, -0.25) is 10.1 Å². The van der Waals surface area contributed by atoms with E-state index in [0.717, 1.165) is 0 Å². The van der Waals surface area contributed by atoms with Crippen LogP contribution in [0.5, 0.6) is 0 Å². The maximum atomic E-state index is 10.8. The Kier molecular flexibility index (Phi) is 2.68. The van der Waals surface area contributed by atoms with Crippen molar-refractivity contribution in [2.24, 2.45) is 0 Å². The number of carboxylic acid groups (broad SMARTS) is 1. The van der Waals surface area contributed by atoms with Crippen LogP contribution in [0.4, 0.5) is 11.5 Å². The fourth-order valence-corrected chi connectivity index (χ4v) is 1.41. The van der Waals surface area contributed by atoms with Gasteiger partial charge >= 0.3 is 5.97 Å². The van der Waals surface area contributed by atoms with Crippen molar-refractivity contribution in [3.8, 4) is 5.69 Å². The van der Waals surface area contributed by atoms with E-state index in [-0.39, 0.29) is 17.1 Å². The summed E-state index contributed by atoms with van der Waals surface area (Å²) < 4.78 is 1.25. The zero-order valence-electron chi connectivity index (χ0n) is 8.98. The minimum atomic E-state index is -1.18. The number of nitro benzene ring substituents is 1. The molecule has 0 saturated heterocycles. The first-order chi connectivity index (χ1) is 8.49. The molecule has 2 rings (SSSR count). The zero-order chi connectivity index (χ0) is 13.3. The monoisotopic (exact) mass is 248 g/mol. The number of carbonyl (C=O) groups is 1. The predicted molar refractivity (Wildman–Crippen MR) is 61.6 cm³/mol. The van der Waals surface area contributed by atoms with Crippen molar-refractivity contribution in [1.82, 2.24) is 9.78 Å². The summed E-state index contributed by atoms with van der Waals surface area (Å²) in [5.74, 6) is -1.29. The highest BCUT2D eigenvalue weighted by Gasteiger charge is 2.14. The Morgan fingerprint density at radius 2 is 2.00 bits per heavy atom. The molecule has 0 bridgehead atoms. The normalized spacial score (nSPS) is 10.2. The summed E-state index contributed by atoms with van der Waals surface area (Å²) >= 11 is 0. The maximum Gasteiger partial charge on any atom is 0.341 e. The van der Waals surface area contributed by atoms with Crippen molar-refractivity contribution >= 4 is 17.5 Å². The first kappa shape index (κ1) is 11.6. The number of nitrogen functional groups attached to an aromatic ring is 1. The van der Waals surface area contributed by atoms with Crippen molar-refractivity contribution < 1.29 is 14.8 Å². The van der Waals surface area contributed by atoms with E-state index < -0.39 is 10.9 Å². The summed E-state index contributed by atoms with van der Waals surface area (Å²) in [6.45, 7) is 0. The molecule has 0 saturated carbocycles. The third-order valence-electron chi connectivity index (χ3n) is 2.30. The molecule has 1 heterocycles. The van der Waals surface area contributed by atoms with Crippen LogP contribution in [-0.4, -0.2) is 25.8 Å². The van der Waals surface area contributed by atoms with Gasteiger partial charge in [-0.05, 0) is 12.1 Å². The zero-order valence-corrected chi connectivity index (χ0v) is 8.98. The van der Waals surface area contributed by atoms with E-state index in [1.165, 1.54) is 35.1 Å². The van der Waals surface area contributed by atoms with Crippen molar-refractivity contribution in [3.05, 3.63) is 46.1 Å². The van der Waals surface area contributed by atoms with Gasteiger partial charge < -0.3 is 10.8 Å². The largest absolute Gasteiger partial charge is 0.477 e. The van der Waals surface area contributed by atoms with Crippen molar-refractivity contribution in [1.29, 1.82) is 0 Å². The molecule has 0 unspecified atom stereocenters. The van der Waals surface area contributed by atoms with Gasteiger partial charge in [-0.25, -0.2) is 9.48 Å². The van der Waals surface area contributed by atoms with Crippen LogP contribution in [0.1, 0.15) is 10.4 Å². The van der Waals surface area contributed by atoms with Gasteiger partial charge in [0.15, 0.2) is 5.82 Å². The van der Waals surface area contributed by atoms with Crippen LogP contribution < -0.4 is 5.73 Å². The van der Waals surface area contributed by atoms with E-state index in [0.29, 0.717) is 5.69 Å². The molecule has 8 heteroatoms. The Morgan fingerprint density at radius 1 is 1.39 bits per heavy atom. The smallest absolute Gasteiger partial charge is 0.341 e. The molecule has 2 aromatic rings. The van der Waals surface area contributed by atoms with Gasteiger partial charge in [-0.15, -0.1) is 5.10 Å². The summed E-state index contributed by atoms with van der Waals surface area (Å²) in [5.41, 5.74) is 5.75. The Balaban J connectivity index is 2.40.